The average Bonchev–Trinajstić information content (AvgIpc) is 3.11. The molecule has 27 heavy (non-hydrogen) atoms. The molecule has 3 rings (SSSR count). The monoisotopic (exact) mass is 372 g/mol. The Labute approximate surface area is 155 Å². The third-order valence-corrected chi connectivity index (χ3v) is 4.44. The van der Waals surface area contributed by atoms with Crippen LogP contribution in [0.3, 0.4) is 0 Å². The molecule has 1 atom stereocenters. The molecule has 142 valence electrons. The van der Waals surface area contributed by atoms with Gasteiger partial charge in [0.15, 0.2) is 5.82 Å². The van der Waals surface area contributed by atoms with Crippen LogP contribution in [0.1, 0.15) is 23.8 Å². The number of carbonyl (C=O) groups is 3. The molecule has 9 nitrogen and oxygen atoms in total. The third-order valence-electron chi connectivity index (χ3n) is 4.44. The van der Waals surface area contributed by atoms with Crippen molar-refractivity contribution >= 4 is 23.7 Å². The maximum atomic E-state index is 12.9. The number of urea groups is 1. The lowest BCUT2D eigenvalue weighted by molar-refractivity contribution is -0.133. The van der Waals surface area contributed by atoms with Gasteiger partial charge in [-0.1, -0.05) is 11.2 Å². The first-order valence-corrected chi connectivity index (χ1v) is 8.27. The van der Waals surface area contributed by atoms with Gasteiger partial charge in [-0.25, -0.2) is 4.79 Å². The van der Waals surface area contributed by atoms with Crippen LogP contribution in [0.4, 0.5) is 10.6 Å². The summed E-state index contributed by atoms with van der Waals surface area (Å²) in [5.41, 5.74) is 0.170. The number of nitrogens with zero attached hydrogens (tertiary/aromatic N) is 2. The Balaban J connectivity index is 1.77. The fourth-order valence-electron chi connectivity index (χ4n) is 2.98. The molecular formula is C18H20N4O5. The highest BCUT2D eigenvalue weighted by atomic mass is 16.5. The van der Waals surface area contributed by atoms with Gasteiger partial charge in [-0.05, 0) is 44.0 Å². The molecule has 0 spiro atoms. The lowest BCUT2D eigenvalue weighted by Gasteiger charge is -2.23. The highest BCUT2D eigenvalue weighted by Crippen LogP contribution is 2.31. The van der Waals surface area contributed by atoms with Crippen molar-refractivity contribution in [1.82, 2.24) is 15.4 Å². The molecule has 1 aliphatic rings. The molecule has 2 heterocycles. The third kappa shape index (κ3) is 3.35. The Hall–Kier alpha value is -3.36. The number of benzene rings is 1. The van der Waals surface area contributed by atoms with Crippen molar-refractivity contribution in [2.24, 2.45) is 0 Å². The summed E-state index contributed by atoms with van der Waals surface area (Å²) in [5, 5.41) is 8.80. The van der Waals surface area contributed by atoms with E-state index in [-0.39, 0.29) is 5.82 Å². The fourth-order valence-corrected chi connectivity index (χ4v) is 2.98. The van der Waals surface area contributed by atoms with E-state index in [2.05, 4.69) is 15.8 Å². The Bertz CT molecular complexity index is 922. The molecule has 1 saturated heterocycles. The van der Waals surface area contributed by atoms with E-state index in [1.54, 1.807) is 39.2 Å². The number of hydrogen-bond donors (Lipinski definition) is 2. The maximum Gasteiger partial charge on any atom is 0.325 e. The van der Waals surface area contributed by atoms with Gasteiger partial charge in [-0.3, -0.25) is 14.5 Å². The largest absolute Gasteiger partial charge is 0.496 e. The molecule has 1 aromatic carbocycles. The molecule has 0 radical (unpaired) electrons. The van der Waals surface area contributed by atoms with Gasteiger partial charge in [0.05, 0.1) is 7.11 Å². The smallest absolute Gasteiger partial charge is 0.325 e. The number of nitrogens with one attached hydrogen (secondary N) is 2. The van der Waals surface area contributed by atoms with Crippen LogP contribution < -0.4 is 15.4 Å². The zero-order valence-corrected chi connectivity index (χ0v) is 15.5. The number of rotatable bonds is 5. The fraction of sp³-hybridized carbons (Fsp3) is 0.333. The Morgan fingerprint density at radius 3 is 2.67 bits per heavy atom. The zero-order chi connectivity index (χ0) is 19.8. The molecule has 2 aromatic rings. The lowest BCUT2D eigenvalue weighted by atomic mass is 9.90. The summed E-state index contributed by atoms with van der Waals surface area (Å²) in [6, 6.07) is 6.12. The van der Waals surface area contributed by atoms with Gasteiger partial charge in [0.2, 0.25) is 5.91 Å². The van der Waals surface area contributed by atoms with Gasteiger partial charge in [-0.15, -0.1) is 0 Å². The van der Waals surface area contributed by atoms with E-state index in [1.807, 2.05) is 6.92 Å². The van der Waals surface area contributed by atoms with E-state index in [1.165, 1.54) is 6.07 Å². The summed E-state index contributed by atoms with van der Waals surface area (Å²) in [5.74, 6) is 0.365. The van der Waals surface area contributed by atoms with E-state index in [0.717, 1.165) is 10.5 Å². The Kier molecular flexibility index (Phi) is 4.61. The van der Waals surface area contributed by atoms with Crippen molar-refractivity contribution in [3.8, 4) is 5.75 Å². The summed E-state index contributed by atoms with van der Waals surface area (Å²) in [4.78, 5) is 38.3. The molecule has 0 aliphatic carbocycles. The highest BCUT2D eigenvalue weighted by Gasteiger charge is 2.49. The number of hydrogen-bond acceptors (Lipinski definition) is 6. The Morgan fingerprint density at radius 2 is 2.07 bits per heavy atom. The summed E-state index contributed by atoms with van der Waals surface area (Å²) < 4.78 is 10.1. The zero-order valence-electron chi connectivity index (χ0n) is 15.5. The first-order chi connectivity index (χ1) is 12.7. The molecule has 0 saturated carbocycles. The van der Waals surface area contributed by atoms with Crippen molar-refractivity contribution in [3.05, 3.63) is 41.2 Å². The first kappa shape index (κ1) is 18.4. The number of aromatic nitrogens is 1. The summed E-state index contributed by atoms with van der Waals surface area (Å²) in [7, 11) is 1.56. The number of imide groups is 1. The number of ether oxygens (including phenoxy) is 1. The van der Waals surface area contributed by atoms with E-state index >= 15 is 0 Å². The van der Waals surface area contributed by atoms with E-state index in [9.17, 15) is 14.4 Å². The molecule has 2 N–H and O–H groups in total. The lowest BCUT2D eigenvalue weighted by Crippen LogP contribution is -2.42. The van der Waals surface area contributed by atoms with Crippen LogP contribution in [-0.2, 0) is 15.1 Å². The van der Waals surface area contributed by atoms with E-state index < -0.39 is 29.9 Å². The Morgan fingerprint density at radius 1 is 1.33 bits per heavy atom. The van der Waals surface area contributed by atoms with Crippen LogP contribution in [0.25, 0.3) is 0 Å². The molecule has 9 heteroatoms. The second-order valence-corrected chi connectivity index (χ2v) is 6.50. The van der Waals surface area contributed by atoms with E-state index in [4.69, 9.17) is 9.26 Å². The topological polar surface area (TPSA) is 114 Å². The number of carbonyl (C=O) groups excluding carboxylic acids is 3. The van der Waals surface area contributed by atoms with Crippen LogP contribution in [-0.4, -0.2) is 41.6 Å². The molecule has 1 aromatic heterocycles. The second-order valence-electron chi connectivity index (χ2n) is 6.50. The summed E-state index contributed by atoms with van der Waals surface area (Å²) >= 11 is 0. The minimum absolute atomic E-state index is 0.220. The number of methoxy groups -OCH3 is 1. The minimum Gasteiger partial charge on any atom is -0.496 e. The average molecular weight is 372 g/mol. The van der Waals surface area contributed by atoms with Crippen molar-refractivity contribution in [1.29, 1.82) is 0 Å². The predicted octanol–water partition coefficient (Wildman–Crippen LogP) is 1.71. The number of aryl methyl sites for hydroxylation is 2. The number of anilines is 1. The second kappa shape index (κ2) is 6.75. The minimum atomic E-state index is -1.27. The van der Waals surface area contributed by atoms with Gasteiger partial charge < -0.3 is 19.9 Å². The summed E-state index contributed by atoms with van der Waals surface area (Å²) in [6.07, 6.45) is 0. The normalized spacial score (nSPS) is 19.2. The maximum absolute atomic E-state index is 12.9. The quantitative estimate of drug-likeness (QED) is 0.773. The van der Waals surface area contributed by atoms with Crippen LogP contribution in [0.2, 0.25) is 0 Å². The predicted molar refractivity (Wildman–Crippen MR) is 95.2 cm³/mol. The van der Waals surface area contributed by atoms with Gasteiger partial charge >= 0.3 is 6.03 Å². The van der Waals surface area contributed by atoms with Crippen LogP contribution in [0.5, 0.6) is 5.75 Å². The summed E-state index contributed by atoms with van der Waals surface area (Å²) in [6.45, 7) is 4.70. The van der Waals surface area contributed by atoms with Crippen molar-refractivity contribution in [2.75, 3.05) is 19.0 Å². The van der Waals surface area contributed by atoms with Gasteiger partial charge in [0.25, 0.3) is 5.91 Å². The molecule has 1 unspecified atom stereocenters. The number of amides is 4. The molecule has 1 fully saturated rings. The molecular weight excluding hydrogens is 352 g/mol. The molecule has 1 aliphatic heterocycles. The molecule has 4 amide bonds. The first-order valence-electron chi connectivity index (χ1n) is 8.27. The van der Waals surface area contributed by atoms with Crippen molar-refractivity contribution < 1.29 is 23.6 Å². The van der Waals surface area contributed by atoms with Crippen molar-refractivity contribution in [3.63, 3.8) is 0 Å². The van der Waals surface area contributed by atoms with E-state index in [0.29, 0.717) is 17.1 Å². The van der Waals surface area contributed by atoms with Crippen LogP contribution in [0, 0.1) is 13.8 Å². The van der Waals surface area contributed by atoms with Gasteiger partial charge in [0.1, 0.15) is 23.6 Å². The van der Waals surface area contributed by atoms with Gasteiger partial charge in [-0.2, -0.15) is 0 Å². The SMILES string of the molecule is COc1ccc(C2(C)NC(=O)N(CC(=O)Nc3cc(C)on3)C2=O)cc1C. The van der Waals surface area contributed by atoms with Crippen LogP contribution >= 0.6 is 0 Å². The van der Waals surface area contributed by atoms with Crippen LogP contribution in [0.15, 0.2) is 28.8 Å². The van der Waals surface area contributed by atoms with Crippen molar-refractivity contribution in [2.45, 2.75) is 26.3 Å². The standard InChI is InChI=1S/C18H20N4O5/c1-10-7-12(5-6-13(10)26-4)18(3)16(24)22(17(25)20-18)9-15(23)19-14-8-11(2)27-21-14/h5-8H,9H2,1-4H3,(H,20,25)(H,19,21,23). The molecule has 0 bridgehead atoms. The highest BCUT2D eigenvalue weighted by molar-refractivity contribution is 6.10. The van der Waals surface area contributed by atoms with Gasteiger partial charge in [0, 0.05) is 6.07 Å².